The molecule has 3 aromatic carbocycles. The molecular formula is C25H24BrN3O4S. The van der Waals surface area contributed by atoms with Gasteiger partial charge in [-0.05, 0) is 64.5 Å². The van der Waals surface area contributed by atoms with Crippen LogP contribution >= 0.6 is 15.9 Å². The van der Waals surface area contributed by atoms with Crippen molar-refractivity contribution in [1.29, 1.82) is 0 Å². The lowest BCUT2D eigenvalue weighted by molar-refractivity contribution is -0.113. The Morgan fingerprint density at radius 2 is 1.44 bits per heavy atom. The second kappa shape index (κ2) is 10.4. The van der Waals surface area contributed by atoms with Gasteiger partial charge in [0.05, 0.1) is 10.5 Å². The van der Waals surface area contributed by atoms with Gasteiger partial charge in [-0.25, -0.2) is 8.42 Å². The Kier molecular flexibility index (Phi) is 7.33. The van der Waals surface area contributed by atoms with Crippen molar-refractivity contribution < 1.29 is 18.0 Å². The van der Waals surface area contributed by atoms with Crippen LogP contribution in [0.1, 0.15) is 10.4 Å². The average Bonchev–Trinajstić information content (AvgIpc) is 2.85. The second-order valence-corrected chi connectivity index (χ2v) is 10.8. The summed E-state index contributed by atoms with van der Waals surface area (Å²) in [5.41, 5.74) is 2.16. The van der Waals surface area contributed by atoms with Crippen molar-refractivity contribution in [1.82, 2.24) is 4.90 Å². The molecule has 3 aromatic rings. The minimum Gasteiger partial charge on any atom is -0.368 e. The zero-order valence-electron chi connectivity index (χ0n) is 18.4. The molecule has 0 aromatic heterocycles. The third-order valence-electron chi connectivity index (χ3n) is 5.61. The number of rotatable bonds is 6. The first-order valence-corrected chi connectivity index (χ1v) is 13.2. The number of amides is 2. The maximum atomic E-state index is 12.8. The highest BCUT2D eigenvalue weighted by molar-refractivity contribution is 9.10. The van der Waals surface area contributed by atoms with E-state index in [2.05, 4.69) is 26.1 Å². The number of carbonyl (C=O) groups is 2. The van der Waals surface area contributed by atoms with E-state index in [9.17, 15) is 18.0 Å². The maximum Gasteiger partial charge on any atom is 0.255 e. The van der Waals surface area contributed by atoms with Crippen LogP contribution in [0.15, 0.2) is 88.2 Å². The predicted molar refractivity (Wildman–Crippen MR) is 136 cm³/mol. The van der Waals surface area contributed by atoms with Gasteiger partial charge in [-0.3, -0.25) is 9.59 Å². The lowest BCUT2D eigenvalue weighted by Crippen LogP contribution is -2.48. The lowest BCUT2D eigenvalue weighted by Gasteiger charge is -2.36. The summed E-state index contributed by atoms with van der Waals surface area (Å²) in [7, 11) is -3.70. The van der Waals surface area contributed by atoms with E-state index in [-0.39, 0.29) is 10.8 Å². The molecule has 0 bridgehead atoms. The van der Waals surface area contributed by atoms with Gasteiger partial charge < -0.3 is 15.1 Å². The van der Waals surface area contributed by atoms with Gasteiger partial charge in [0, 0.05) is 42.0 Å². The monoisotopic (exact) mass is 541 g/mol. The normalized spacial score (nSPS) is 14.0. The summed E-state index contributed by atoms with van der Waals surface area (Å²) in [5, 5.41) is 2.65. The van der Waals surface area contributed by atoms with Crippen LogP contribution in [-0.4, -0.2) is 57.1 Å². The lowest BCUT2D eigenvalue weighted by atomic mass is 10.1. The zero-order valence-corrected chi connectivity index (χ0v) is 20.8. The number of nitrogens with zero attached hydrogens (tertiary/aromatic N) is 2. The molecule has 176 valence electrons. The van der Waals surface area contributed by atoms with Crippen LogP contribution in [0.3, 0.4) is 0 Å². The largest absolute Gasteiger partial charge is 0.368 e. The molecule has 1 saturated heterocycles. The molecular weight excluding hydrogens is 518 g/mol. The number of hydrogen-bond acceptors (Lipinski definition) is 5. The Labute approximate surface area is 207 Å². The summed E-state index contributed by atoms with van der Waals surface area (Å²) < 4.78 is 25.5. The fourth-order valence-corrected chi connectivity index (χ4v) is 5.42. The fraction of sp³-hybridized carbons (Fsp3) is 0.200. The van der Waals surface area contributed by atoms with Crippen LogP contribution in [0.5, 0.6) is 0 Å². The molecule has 0 saturated carbocycles. The van der Waals surface area contributed by atoms with Gasteiger partial charge >= 0.3 is 0 Å². The van der Waals surface area contributed by atoms with Gasteiger partial charge in [0.1, 0.15) is 5.75 Å². The number of benzene rings is 3. The zero-order chi connectivity index (χ0) is 24.1. The number of piperazine rings is 1. The molecule has 1 aliphatic rings. The summed E-state index contributed by atoms with van der Waals surface area (Å²) in [5.74, 6) is -1.20. The van der Waals surface area contributed by atoms with Crippen LogP contribution in [0, 0.1) is 0 Å². The molecule has 0 aliphatic carbocycles. The number of anilines is 2. The Morgan fingerprint density at radius 1 is 0.824 bits per heavy atom. The van der Waals surface area contributed by atoms with E-state index in [0.29, 0.717) is 37.4 Å². The van der Waals surface area contributed by atoms with Crippen LogP contribution in [-0.2, 0) is 14.6 Å². The molecule has 9 heteroatoms. The maximum absolute atomic E-state index is 12.8. The number of carbonyl (C=O) groups excluding carboxylic acids is 2. The third-order valence-corrected chi connectivity index (χ3v) is 7.93. The molecule has 0 radical (unpaired) electrons. The van der Waals surface area contributed by atoms with E-state index in [1.54, 1.807) is 30.3 Å². The van der Waals surface area contributed by atoms with Crippen molar-refractivity contribution in [3.8, 4) is 0 Å². The van der Waals surface area contributed by atoms with Gasteiger partial charge in [0.2, 0.25) is 5.91 Å². The summed E-state index contributed by atoms with van der Waals surface area (Å²) in [6.45, 7) is 2.60. The van der Waals surface area contributed by atoms with Crippen LogP contribution in [0.2, 0.25) is 0 Å². The van der Waals surface area contributed by atoms with E-state index in [1.807, 2.05) is 41.3 Å². The van der Waals surface area contributed by atoms with E-state index in [1.165, 1.54) is 12.1 Å². The first-order valence-electron chi connectivity index (χ1n) is 10.8. The van der Waals surface area contributed by atoms with Gasteiger partial charge in [0.15, 0.2) is 9.84 Å². The molecule has 34 heavy (non-hydrogen) atoms. The Hall–Kier alpha value is -3.17. The topological polar surface area (TPSA) is 86.8 Å². The Morgan fingerprint density at radius 3 is 2.09 bits per heavy atom. The van der Waals surface area contributed by atoms with Gasteiger partial charge in [-0.2, -0.15) is 0 Å². The number of hydrogen-bond donors (Lipinski definition) is 1. The van der Waals surface area contributed by atoms with Crippen molar-refractivity contribution in [2.24, 2.45) is 0 Å². The number of sulfone groups is 1. The van der Waals surface area contributed by atoms with E-state index in [0.717, 1.165) is 10.2 Å². The molecule has 0 atom stereocenters. The highest BCUT2D eigenvalue weighted by atomic mass is 79.9. The second-order valence-electron chi connectivity index (χ2n) is 7.93. The highest BCUT2D eigenvalue weighted by Crippen LogP contribution is 2.22. The molecule has 1 fully saturated rings. The van der Waals surface area contributed by atoms with E-state index < -0.39 is 21.5 Å². The summed E-state index contributed by atoms with van der Waals surface area (Å²) >= 11 is 3.44. The van der Waals surface area contributed by atoms with E-state index >= 15 is 0 Å². The molecule has 7 nitrogen and oxygen atoms in total. The third kappa shape index (κ3) is 5.66. The number of halogens is 1. The van der Waals surface area contributed by atoms with Crippen LogP contribution < -0.4 is 10.2 Å². The van der Waals surface area contributed by atoms with Gasteiger partial charge in [-0.15, -0.1) is 0 Å². The summed E-state index contributed by atoms with van der Waals surface area (Å²) in [6, 6.07) is 22.6. The molecule has 1 heterocycles. The summed E-state index contributed by atoms with van der Waals surface area (Å²) in [6.07, 6.45) is 0. The van der Waals surface area contributed by atoms with Crippen LogP contribution in [0.25, 0.3) is 0 Å². The molecule has 1 N–H and O–H groups in total. The minimum atomic E-state index is -3.70. The molecule has 4 rings (SSSR count). The number of nitrogens with one attached hydrogen (secondary N) is 1. The van der Waals surface area contributed by atoms with Gasteiger partial charge in [0.25, 0.3) is 5.91 Å². The molecule has 0 spiro atoms. The smallest absolute Gasteiger partial charge is 0.255 e. The Balaban J connectivity index is 1.31. The molecule has 0 unspecified atom stereocenters. The van der Waals surface area contributed by atoms with Crippen molar-refractivity contribution in [3.63, 3.8) is 0 Å². The fourth-order valence-electron chi connectivity index (χ4n) is 3.81. The van der Waals surface area contributed by atoms with Crippen molar-refractivity contribution in [2.75, 3.05) is 42.1 Å². The SMILES string of the molecule is O=C(CS(=O)(=O)c1ccccc1)Nc1ccc(N2CCN(C(=O)c3ccccc3Br)CC2)cc1. The average molecular weight is 542 g/mol. The predicted octanol–water partition coefficient (Wildman–Crippen LogP) is 3.82. The van der Waals surface area contributed by atoms with Crippen molar-refractivity contribution >= 4 is 49.0 Å². The quantitative estimate of drug-likeness (QED) is 0.512. The first-order chi connectivity index (χ1) is 16.3. The van der Waals surface area contributed by atoms with Crippen molar-refractivity contribution in [2.45, 2.75) is 4.90 Å². The van der Waals surface area contributed by atoms with Gasteiger partial charge in [-0.1, -0.05) is 30.3 Å². The minimum absolute atomic E-state index is 0.00985. The van der Waals surface area contributed by atoms with E-state index in [4.69, 9.17) is 0 Å². The summed E-state index contributed by atoms with van der Waals surface area (Å²) in [4.78, 5) is 29.2. The highest BCUT2D eigenvalue weighted by Gasteiger charge is 2.24. The molecule has 2 amide bonds. The first kappa shape index (κ1) is 24.0. The van der Waals surface area contributed by atoms with Crippen LogP contribution in [0.4, 0.5) is 11.4 Å². The van der Waals surface area contributed by atoms with Crippen molar-refractivity contribution in [3.05, 3.63) is 88.9 Å². The Bertz CT molecular complexity index is 1270. The molecule has 1 aliphatic heterocycles. The standard InChI is InChI=1S/C25H24BrN3O4S/c26-23-9-5-4-8-22(23)25(31)29-16-14-28(15-17-29)20-12-10-19(11-13-20)27-24(30)18-34(32,33)21-6-2-1-3-7-21/h1-13H,14-18H2,(H,27,30).